The van der Waals surface area contributed by atoms with Crippen LogP contribution < -0.4 is 5.32 Å². The highest BCUT2D eigenvalue weighted by molar-refractivity contribution is 5.99. The number of aryl methyl sites for hydroxylation is 1. The van der Waals surface area contributed by atoms with E-state index in [4.69, 9.17) is 9.15 Å². The fourth-order valence-electron chi connectivity index (χ4n) is 2.63. The van der Waals surface area contributed by atoms with Gasteiger partial charge in [-0.3, -0.25) is 4.79 Å². The maximum Gasteiger partial charge on any atom is 0.252 e. The minimum atomic E-state index is -0.203. The highest BCUT2D eigenvalue weighted by atomic mass is 16.5. The largest absolute Gasteiger partial charge is 0.421 e. The molecule has 1 saturated carbocycles. The van der Waals surface area contributed by atoms with Gasteiger partial charge in [0.15, 0.2) is 0 Å². The van der Waals surface area contributed by atoms with Crippen LogP contribution >= 0.6 is 0 Å². The number of aromatic nitrogens is 2. The molecule has 0 atom stereocenters. The van der Waals surface area contributed by atoms with Crippen molar-refractivity contribution in [3.8, 4) is 11.5 Å². The summed E-state index contributed by atoms with van der Waals surface area (Å²) in [4.78, 5) is 12.5. The zero-order chi connectivity index (χ0) is 15.6. The van der Waals surface area contributed by atoms with Gasteiger partial charge in [-0.25, -0.2) is 0 Å². The number of ether oxygens (including phenoxy) is 1. The van der Waals surface area contributed by atoms with Crippen molar-refractivity contribution in [3.05, 3.63) is 35.7 Å². The van der Waals surface area contributed by atoms with Crippen molar-refractivity contribution in [2.24, 2.45) is 0 Å². The summed E-state index contributed by atoms with van der Waals surface area (Å²) in [5, 5.41) is 10.8. The minimum Gasteiger partial charge on any atom is -0.421 e. The standard InChI is InChI=1S/C16H19N3O3/c1-11-18-19-15(22-11)13-7-4-3-6-12(13)14(20)17-10-16(21-2)8-5-9-16/h3-4,6-7H,5,8-10H2,1-2H3,(H,17,20). The van der Waals surface area contributed by atoms with Gasteiger partial charge in [0.25, 0.3) is 5.91 Å². The summed E-state index contributed by atoms with van der Waals surface area (Å²) < 4.78 is 11.0. The van der Waals surface area contributed by atoms with Crippen molar-refractivity contribution < 1.29 is 13.9 Å². The third-order valence-corrected chi connectivity index (χ3v) is 4.20. The van der Waals surface area contributed by atoms with Crippen LogP contribution in [0.5, 0.6) is 0 Å². The number of benzene rings is 1. The molecular weight excluding hydrogens is 282 g/mol. The van der Waals surface area contributed by atoms with E-state index >= 15 is 0 Å². The van der Waals surface area contributed by atoms with Gasteiger partial charge >= 0.3 is 0 Å². The van der Waals surface area contributed by atoms with Crippen LogP contribution in [0.1, 0.15) is 35.5 Å². The van der Waals surface area contributed by atoms with E-state index in [1.54, 1.807) is 26.2 Å². The molecule has 0 spiro atoms. The Hall–Kier alpha value is -2.21. The molecule has 0 saturated heterocycles. The molecule has 0 bridgehead atoms. The van der Waals surface area contributed by atoms with E-state index in [0.717, 1.165) is 19.3 Å². The van der Waals surface area contributed by atoms with Gasteiger partial charge < -0.3 is 14.5 Å². The Labute approximate surface area is 128 Å². The molecule has 1 aromatic heterocycles. The van der Waals surface area contributed by atoms with Crippen molar-refractivity contribution >= 4 is 5.91 Å². The predicted octanol–water partition coefficient (Wildman–Crippen LogP) is 2.34. The topological polar surface area (TPSA) is 77.2 Å². The van der Waals surface area contributed by atoms with E-state index < -0.39 is 0 Å². The number of methoxy groups -OCH3 is 1. The highest BCUT2D eigenvalue weighted by Crippen LogP contribution is 2.34. The Morgan fingerprint density at radius 3 is 2.73 bits per heavy atom. The number of rotatable bonds is 5. The Bertz CT molecular complexity index is 671. The first-order valence-corrected chi connectivity index (χ1v) is 7.36. The zero-order valence-electron chi connectivity index (χ0n) is 12.8. The molecule has 1 heterocycles. The van der Waals surface area contributed by atoms with Gasteiger partial charge in [-0.05, 0) is 31.4 Å². The Balaban J connectivity index is 1.78. The SMILES string of the molecule is COC1(CNC(=O)c2ccccc2-c2nnc(C)o2)CCC1. The normalized spacial score (nSPS) is 16.1. The number of hydrogen-bond donors (Lipinski definition) is 1. The molecular formula is C16H19N3O3. The van der Waals surface area contributed by atoms with Crippen LogP contribution in [0, 0.1) is 6.92 Å². The van der Waals surface area contributed by atoms with Gasteiger partial charge in [-0.2, -0.15) is 0 Å². The van der Waals surface area contributed by atoms with Crippen LogP contribution in [0.2, 0.25) is 0 Å². The van der Waals surface area contributed by atoms with Crippen molar-refractivity contribution in [1.82, 2.24) is 15.5 Å². The lowest BCUT2D eigenvalue weighted by Crippen LogP contribution is -2.49. The third-order valence-electron chi connectivity index (χ3n) is 4.20. The van der Waals surface area contributed by atoms with Crippen molar-refractivity contribution in [3.63, 3.8) is 0 Å². The number of carbonyl (C=O) groups is 1. The molecule has 116 valence electrons. The molecule has 1 aromatic carbocycles. The lowest BCUT2D eigenvalue weighted by Gasteiger charge is -2.40. The van der Waals surface area contributed by atoms with E-state index in [9.17, 15) is 4.79 Å². The summed E-state index contributed by atoms with van der Waals surface area (Å²) in [5.41, 5.74) is 0.962. The fourth-order valence-corrected chi connectivity index (χ4v) is 2.63. The van der Waals surface area contributed by atoms with E-state index in [1.165, 1.54) is 0 Å². The second-order valence-corrected chi connectivity index (χ2v) is 5.60. The van der Waals surface area contributed by atoms with E-state index in [-0.39, 0.29) is 11.5 Å². The van der Waals surface area contributed by atoms with Crippen molar-refractivity contribution in [2.45, 2.75) is 31.8 Å². The van der Waals surface area contributed by atoms with Gasteiger partial charge in [0.05, 0.1) is 16.7 Å². The second-order valence-electron chi connectivity index (χ2n) is 5.60. The Kier molecular flexibility index (Phi) is 3.94. The minimum absolute atomic E-state index is 0.158. The number of amides is 1. The molecule has 6 nitrogen and oxygen atoms in total. The molecule has 1 amide bonds. The Morgan fingerprint density at radius 1 is 1.36 bits per heavy atom. The maximum atomic E-state index is 12.5. The summed E-state index contributed by atoms with van der Waals surface area (Å²) in [6.45, 7) is 2.23. The summed E-state index contributed by atoms with van der Waals surface area (Å²) in [5.74, 6) is 0.668. The number of hydrogen-bond acceptors (Lipinski definition) is 5. The molecule has 0 unspecified atom stereocenters. The maximum absolute atomic E-state index is 12.5. The zero-order valence-corrected chi connectivity index (χ0v) is 12.8. The molecule has 1 aliphatic carbocycles. The molecule has 22 heavy (non-hydrogen) atoms. The van der Waals surface area contributed by atoms with E-state index in [1.807, 2.05) is 12.1 Å². The molecule has 6 heteroatoms. The fraction of sp³-hybridized carbons (Fsp3) is 0.438. The monoisotopic (exact) mass is 301 g/mol. The quantitative estimate of drug-likeness (QED) is 0.917. The lowest BCUT2D eigenvalue weighted by molar-refractivity contribution is -0.0679. The summed E-state index contributed by atoms with van der Waals surface area (Å²) >= 11 is 0. The Morgan fingerprint density at radius 2 is 2.14 bits per heavy atom. The van der Waals surface area contributed by atoms with Gasteiger partial charge in [-0.15, -0.1) is 10.2 Å². The van der Waals surface area contributed by atoms with E-state index in [2.05, 4.69) is 15.5 Å². The van der Waals surface area contributed by atoms with Crippen LogP contribution in [-0.4, -0.2) is 35.4 Å². The summed E-state index contributed by atoms with van der Waals surface area (Å²) in [7, 11) is 1.69. The highest BCUT2D eigenvalue weighted by Gasteiger charge is 2.37. The van der Waals surface area contributed by atoms with Gasteiger partial charge in [0.2, 0.25) is 11.8 Å². The lowest BCUT2D eigenvalue weighted by atomic mass is 9.80. The first kappa shape index (κ1) is 14.7. The second kappa shape index (κ2) is 5.88. The van der Waals surface area contributed by atoms with Crippen LogP contribution in [0.3, 0.4) is 0 Å². The molecule has 1 fully saturated rings. The molecule has 1 aliphatic rings. The van der Waals surface area contributed by atoms with Gasteiger partial charge in [0, 0.05) is 20.6 Å². The molecule has 0 radical (unpaired) electrons. The first-order chi connectivity index (χ1) is 10.6. The van der Waals surface area contributed by atoms with Crippen molar-refractivity contribution in [2.75, 3.05) is 13.7 Å². The van der Waals surface area contributed by atoms with Crippen LogP contribution in [0.4, 0.5) is 0 Å². The first-order valence-electron chi connectivity index (χ1n) is 7.36. The van der Waals surface area contributed by atoms with E-state index in [0.29, 0.717) is 29.5 Å². The van der Waals surface area contributed by atoms with Crippen LogP contribution in [0.15, 0.2) is 28.7 Å². The number of nitrogens with one attached hydrogen (secondary N) is 1. The smallest absolute Gasteiger partial charge is 0.252 e. The molecule has 2 aromatic rings. The summed E-state index contributed by atoms with van der Waals surface area (Å²) in [6, 6.07) is 7.22. The molecule has 3 rings (SSSR count). The molecule has 0 aliphatic heterocycles. The average Bonchev–Trinajstić information content (AvgIpc) is 2.93. The number of carbonyl (C=O) groups excluding carboxylic acids is 1. The van der Waals surface area contributed by atoms with Crippen LogP contribution in [-0.2, 0) is 4.74 Å². The van der Waals surface area contributed by atoms with Gasteiger partial charge in [-0.1, -0.05) is 12.1 Å². The summed E-state index contributed by atoms with van der Waals surface area (Å²) in [6.07, 6.45) is 3.10. The average molecular weight is 301 g/mol. The molecule has 1 N–H and O–H groups in total. The van der Waals surface area contributed by atoms with Gasteiger partial charge in [0.1, 0.15) is 0 Å². The predicted molar refractivity (Wildman–Crippen MR) is 80.4 cm³/mol. The van der Waals surface area contributed by atoms with Crippen molar-refractivity contribution in [1.29, 1.82) is 0 Å². The van der Waals surface area contributed by atoms with Crippen LogP contribution in [0.25, 0.3) is 11.5 Å². The third kappa shape index (κ3) is 2.74. The number of nitrogens with zero attached hydrogens (tertiary/aromatic N) is 2.